The van der Waals surface area contributed by atoms with Gasteiger partial charge in [-0.25, -0.2) is 4.79 Å². The Morgan fingerprint density at radius 1 is 0.750 bits per heavy atom. The third kappa shape index (κ3) is 4.96. The Bertz CT molecular complexity index is 847. The topological polar surface area (TPSA) is 47.1 Å². The minimum atomic E-state index is 0.0341. The Kier molecular flexibility index (Phi) is 7.10. The molecule has 0 saturated carbocycles. The molecule has 4 rings (SSSR count). The third-order valence-electron chi connectivity index (χ3n) is 6.72. The molecule has 2 fully saturated rings. The zero-order valence-electron chi connectivity index (χ0n) is 19.2. The molecule has 2 aromatic rings. The van der Waals surface area contributed by atoms with E-state index < -0.39 is 0 Å². The summed E-state index contributed by atoms with van der Waals surface area (Å²) in [7, 11) is 3.55. The van der Waals surface area contributed by atoms with Crippen molar-refractivity contribution in [3.8, 4) is 0 Å². The number of likely N-dealkylation sites (tertiary alicyclic amines) is 1. The lowest BCUT2D eigenvalue weighted by Gasteiger charge is -2.41. The van der Waals surface area contributed by atoms with Gasteiger partial charge < -0.3 is 14.7 Å². The van der Waals surface area contributed by atoms with E-state index in [4.69, 9.17) is 0 Å². The lowest BCUT2D eigenvalue weighted by molar-refractivity contribution is -0.138. The summed E-state index contributed by atoms with van der Waals surface area (Å²) in [6.07, 6.45) is 1.52. The first-order chi connectivity index (χ1) is 15.5. The van der Waals surface area contributed by atoms with Crippen LogP contribution in [0.2, 0.25) is 0 Å². The molecule has 0 aromatic heterocycles. The summed E-state index contributed by atoms with van der Waals surface area (Å²) in [5.74, 6) is 0.296. The molecule has 2 aliphatic heterocycles. The summed E-state index contributed by atoms with van der Waals surface area (Å²) in [6, 6.07) is 21.5. The average Bonchev–Trinajstić information content (AvgIpc) is 2.85. The highest BCUT2D eigenvalue weighted by Crippen LogP contribution is 2.30. The number of piperidine rings is 1. The molecule has 6 heteroatoms. The minimum Gasteiger partial charge on any atom is -0.340 e. The van der Waals surface area contributed by atoms with E-state index in [1.807, 2.05) is 9.80 Å². The first-order valence-electron chi connectivity index (χ1n) is 11.6. The fraction of sp³-hybridized carbons (Fsp3) is 0.462. The predicted octanol–water partition coefficient (Wildman–Crippen LogP) is 3.31. The maximum atomic E-state index is 13.2. The van der Waals surface area contributed by atoms with Gasteiger partial charge in [-0.05, 0) is 24.0 Å². The summed E-state index contributed by atoms with van der Waals surface area (Å²) in [5.41, 5.74) is 2.58. The number of hydrogen-bond acceptors (Lipinski definition) is 3. The molecule has 0 radical (unpaired) electrons. The summed E-state index contributed by atoms with van der Waals surface area (Å²) in [6.45, 7) is 4.56. The van der Waals surface area contributed by atoms with Crippen LogP contribution >= 0.6 is 0 Å². The molecule has 2 heterocycles. The van der Waals surface area contributed by atoms with Gasteiger partial charge in [0.2, 0.25) is 5.91 Å². The van der Waals surface area contributed by atoms with Gasteiger partial charge in [0.25, 0.3) is 0 Å². The second kappa shape index (κ2) is 10.2. The van der Waals surface area contributed by atoms with Crippen molar-refractivity contribution in [1.29, 1.82) is 0 Å². The van der Waals surface area contributed by atoms with E-state index in [1.165, 1.54) is 11.1 Å². The number of carbonyl (C=O) groups is 2. The molecule has 0 spiro atoms. The van der Waals surface area contributed by atoms with Crippen molar-refractivity contribution >= 4 is 11.9 Å². The van der Waals surface area contributed by atoms with Crippen molar-refractivity contribution < 1.29 is 9.59 Å². The van der Waals surface area contributed by atoms with E-state index in [1.54, 1.807) is 19.0 Å². The van der Waals surface area contributed by atoms with Crippen molar-refractivity contribution in [2.75, 3.05) is 53.4 Å². The largest absolute Gasteiger partial charge is 0.340 e. The maximum absolute atomic E-state index is 13.2. The first-order valence-corrected chi connectivity index (χ1v) is 11.6. The minimum absolute atomic E-state index is 0.0341. The summed E-state index contributed by atoms with van der Waals surface area (Å²) in [4.78, 5) is 33.3. The van der Waals surface area contributed by atoms with E-state index in [9.17, 15) is 9.59 Å². The number of nitrogens with zero attached hydrogens (tertiary/aromatic N) is 4. The fourth-order valence-electron chi connectivity index (χ4n) is 4.94. The number of amides is 3. The quantitative estimate of drug-likeness (QED) is 0.742. The van der Waals surface area contributed by atoms with Crippen LogP contribution in [0.5, 0.6) is 0 Å². The SMILES string of the molecule is CN(C)C(=O)N1CCC(C(=O)N2CCN(C(c3ccccc3)c3ccccc3)CC2)CC1. The molecule has 170 valence electrons. The monoisotopic (exact) mass is 434 g/mol. The highest BCUT2D eigenvalue weighted by Gasteiger charge is 2.33. The molecular formula is C26H34N4O2. The zero-order valence-corrected chi connectivity index (χ0v) is 19.2. The van der Waals surface area contributed by atoms with Gasteiger partial charge in [0, 0.05) is 59.3 Å². The van der Waals surface area contributed by atoms with Crippen LogP contribution in [0.4, 0.5) is 4.79 Å². The molecule has 0 bridgehead atoms. The van der Waals surface area contributed by atoms with Crippen molar-refractivity contribution in [3.05, 3.63) is 71.8 Å². The van der Waals surface area contributed by atoms with Crippen LogP contribution in [0.25, 0.3) is 0 Å². The molecule has 32 heavy (non-hydrogen) atoms. The molecule has 2 saturated heterocycles. The van der Waals surface area contributed by atoms with E-state index in [0.717, 1.165) is 39.0 Å². The smallest absolute Gasteiger partial charge is 0.319 e. The molecule has 0 aliphatic carbocycles. The Hall–Kier alpha value is -2.86. The molecule has 3 amide bonds. The zero-order chi connectivity index (χ0) is 22.5. The fourth-order valence-corrected chi connectivity index (χ4v) is 4.94. The number of hydrogen-bond donors (Lipinski definition) is 0. The van der Waals surface area contributed by atoms with E-state index in [2.05, 4.69) is 65.6 Å². The summed E-state index contributed by atoms with van der Waals surface area (Å²) >= 11 is 0. The second-order valence-electron chi connectivity index (χ2n) is 9.02. The van der Waals surface area contributed by atoms with Gasteiger partial charge in [-0.2, -0.15) is 0 Å². The molecular weight excluding hydrogens is 400 g/mol. The highest BCUT2D eigenvalue weighted by atomic mass is 16.2. The molecule has 6 nitrogen and oxygen atoms in total. The predicted molar refractivity (Wildman–Crippen MR) is 126 cm³/mol. The summed E-state index contributed by atoms with van der Waals surface area (Å²) < 4.78 is 0. The van der Waals surface area contributed by atoms with Crippen molar-refractivity contribution in [2.45, 2.75) is 18.9 Å². The third-order valence-corrected chi connectivity index (χ3v) is 6.72. The molecule has 0 unspecified atom stereocenters. The summed E-state index contributed by atoms with van der Waals surface area (Å²) in [5, 5.41) is 0. The number of piperazine rings is 1. The van der Waals surface area contributed by atoms with Gasteiger partial charge >= 0.3 is 6.03 Å². The van der Waals surface area contributed by atoms with Crippen LogP contribution in [0.3, 0.4) is 0 Å². The molecule has 0 N–H and O–H groups in total. The first kappa shape index (κ1) is 22.3. The molecule has 2 aromatic carbocycles. The van der Waals surface area contributed by atoms with Gasteiger partial charge in [0.1, 0.15) is 0 Å². The van der Waals surface area contributed by atoms with Gasteiger partial charge in [0.15, 0.2) is 0 Å². The van der Waals surface area contributed by atoms with E-state index in [-0.39, 0.29) is 23.9 Å². The Morgan fingerprint density at radius 3 is 1.72 bits per heavy atom. The number of carbonyl (C=O) groups excluding carboxylic acids is 2. The molecule has 0 atom stereocenters. The van der Waals surface area contributed by atoms with Crippen molar-refractivity contribution in [2.24, 2.45) is 5.92 Å². The Balaban J connectivity index is 1.37. The maximum Gasteiger partial charge on any atom is 0.319 e. The van der Waals surface area contributed by atoms with Gasteiger partial charge in [-0.1, -0.05) is 60.7 Å². The number of urea groups is 1. The standard InChI is InChI=1S/C26H34N4O2/c1-27(2)26(32)30-15-13-23(14-16-30)25(31)29-19-17-28(18-20-29)24(21-9-5-3-6-10-21)22-11-7-4-8-12-22/h3-12,23-24H,13-20H2,1-2H3. The lowest BCUT2D eigenvalue weighted by Crippen LogP contribution is -2.53. The van der Waals surface area contributed by atoms with Crippen LogP contribution in [-0.2, 0) is 4.79 Å². The van der Waals surface area contributed by atoms with E-state index >= 15 is 0 Å². The van der Waals surface area contributed by atoms with Crippen LogP contribution in [0, 0.1) is 5.92 Å². The Labute approximate surface area is 191 Å². The second-order valence-corrected chi connectivity index (χ2v) is 9.02. The van der Waals surface area contributed by atoms with Crippen molar-refractivity contribution in [1.82, 2.24) is 19.6 Å². The van der Waals surface area contributed by atoms with Crippen LogP contribution in [-0.4, -0.2) is 84.9 Å². The van der Waals surface area contributed by atoms with Crippen LogP contribution in [0.1, 0.15) is 30.0 Å². The molecule has 2 aliphatic rings. The van der Waals surface area contributed by atoms with Crippen LogP contribution < -0.4 is 0 Å². The average molecular weight is 435 g/mol. The van der Waals surface area contributed by atoms with Gasteiger partial charge in [-0.3, -0.25) is 9.69 Å². The van der Waals surface area contributed by atoms with Crippen LogP contribution in [0.15, 0.2) is 60.7 Å². The highest BCUT2D eigenvalue weighted by molar-refractivity contribution is 5.80. The lowest BCUT2D eigenvalue weighted by atomic mass is 9.94. The van der Waals surface area contributed by atoms with Gasteiger partial charge in [0.05, 0.1) is 6.04 Å². The van der Waals surface area contributed by atoms with E-state index in [0.29, 0.717) is 13.1 Å². The Morgan fingerprint density at radius 2 is 1.25 bits per heavy atom. The normalized spacial score (nSPS) is 18.1. The number of benzene rings is 2. The van der Waals surface area contributed by atoms with Crippen molar-refractivity contribution in [3.63, 3.8) is 0 Å². The van der Waals surface area contributed by atoms with Gasteiger partial charge in [-0.15, -0.1) is 0 Å². The number of rotatable bonds is 4.